The molecular formula is C25H22FN3O7S2. The molecule has 0 saturated heterocycles. The maximum Gasteiger partial charge on any atom is 0.325 e. The number of carbonyl (C=O) groups excluding carboxylic acids is 2. The normalized spacial score (nSPS) is 11.8. The van der Waals surface area contributed by atoms with E-state index in [2.05, 4.69) is 9.71 Å². The van der Waals surface area contributed by atoms with Crippen molar-refractivity contribution in [3.05, 3.63) is 76.8 Å². The molecule has 0 aliphatic carbocycles. The fraction of sp³-hybridized carbons (Fsp3) is 0.160. The van der Waals surface area contributed by atoms with Crippen molar-refractivity contribution in [3.8, 4) is 11.5 Å². The van der Waals surface area contributed by atoms with Crippen molar-refractivity contribution in [3.63, 3.8) is 0 Å². The number of rotatable bonds is 8. The number of hydrogen-bond acceptors (Lipinski definition) is 8. The SMILES string of the molecule is COC(=O)Cn1c(=NC(=O)c2cccc(NS(=O)(=O)c3ccc(F)cc3)c2)sc2c(OC)ccc(OC)c21. The highest BCUT2D eigenvalue weighted by Gasteiger charge is 2.20. The summed E-state index contributed by atoms with van der Waals surface area (Å²) >= 11 is 1.11. The van der Waals surface area contributed by atoms with Crippen molar-refractivity contribution in [1.82, 2.24) is 4.57 Å². The van der Waals surface area contributed by atoms with Crippen LogP contribution in [0.3, 0.4) is 0 Å². The summed E-state index contributed by atoms with van der Waals surface area (Å²) in [6, 6.07) is 13.4. The minimum Gasteiger partial charge on any atom is -0.495 e. The Labute approximate surface area is 221 Å². The minimum atomic E-state index is -4.03. The van der Waals surface area contributed by atoms with Gasteiger partial charge in [-0.15, -0.1) is 0 Å². The third-order valence-corrected chi connectivity index (χ3v) is 7.88. The first-order chi connectivity index (χ1) is 18.2. The molecule has 0 atom stereocenters. The average molecular weight is 560 g/mol. The highest BCUT2D eigenvalue weighted by Crippen LogP contribution is 2.35. The van der Waals surface area contributed by atoms with Crippen molar-refractivity contribution >= 4 is 49.1 Å². The molecular weight excluding hydrogens is 537 g/mol. The van der Waals surface area contributed by atoms with E-state index in [9.17, 15) is 22.4 Å². The molecule has 3 aromatic carbocycles. The number of halogens is 1. The van der Waals surface area contributed by atoms with Crippen LogP contribution in [0, 0.1) is 5.82 Å². The molecule has 1 N–H and O–H groups in total. The monoisotopic (exact) mass is 559 g/mol. The number of thiazole rings is 1. The third-order valence-electron chi connectivity index (χ3n) is 5.39. The number of anilines is 1. The number of fused-ring (bicyclic) bond motifs is 1. The summed E-state index contributed by atoms with van der Waals surface area (Å²) in [7, 11) is 0.185. The van der Waals surface area contributed by atoms with Gasteiger partial charge >= 0.3 is 5.97 Å². The highest BCUT2D eigenvalue weighted by atomic mass is 32.2. The van der Waals surface area contributed by atoms with Crippen LogP contribution in [0.1, 0.15) is 10.4 Å². The molecule has 0 unspecified atom stereocenters. The lowest BCUT2D eigenvalue weighted by Crippen LogP contribution is -2.22. The van der Waals surface area contributed by atoms with Gasteiger partial charge < -0.3 is 18.8 Å². The number of methoxy groups -OCH3 is 3. The van der Waals surface area contributed by atoms with E-state index in [1.54, 1.807) is 12.1 Å². The molecule has 1 aromatic heterocycles. The number of carbonyl (C=O) groups is 2. The summed E-state index contributed by atoms with van der Waals surface area (Å²) in [6.45, 7) is -0.246. The van der Waals surface area contributed by atoms with Crippen LogP contribution < -0.4 is 19.0 Å². The molecule has 38 heavy (non-hydrogen) atoms. The molecule has 0 aliphatic rings. The number of ether oxygens (including phenoxy) is 3. The zero-order valence-electron chi connectivity index (χ0n) is 20.4. The summed E-state index contributed by atoms with van der Waals surface area (Å²) in [5.41, 5.74) is 0.692. The van der Waals surface area contributed by atoms with Crippen LogP contribution in [0.15, 0.2) is 70.6 Å². The summed E-state index contributed by atoms with van der Waals surface area (Å²) in [5, 5.41) is 0. The van der Waals surface area contributed by atoms with E-state index >= 15 is 0 Å². The van der Waals surface area contributed by atoms with E-state index in [1.807, 2.05) is 0 Å². The van der Waals surface area contributed by atoms with Crippen molar-refractivity contribution in [2.75, 3.05) is 26.1 Å². The fourth-order valence-corrected chi connectivity index (χ4v) is 5.76. The highest BCUT2D eigenvalue weighted by molar-refractivity contribution is 7.92. The van der Waals surface area contributed by atoms with Crippen LogP contribution in [0.25, 0.3) is 10.2 Å². The van der Waals surface area contributed by atoms with E-state index in [4.69, 9.17) is 14.2 Å². The van der Waals surface area contributed by atoms with E-state index in [0.717, 1.165) is 35.6 Å². The Morgan fingerprint density at radius 1 is 1.00 bits per heavy atom. The zero-order valence-corrected chi connectivity index (χ0v) is 22.1. The Morgan fingerprint density at radius 2 is 1.68 bits per heavy atom. The second-order valence-corrected chi connectivity index (χ2v) is 10.4. The maximum absolute atomic E-state index is 13.2. The Kier molecular flexibility index (Phi) is 7.78. The first-order valence-electron chi connectivity index (χ1n) is 11.0. The Morgan fingerprint density at radius 3 is 2.34 bits per heavy atom. The summed E-state index contributed by atoms with van der Waals surface area (Å²) in [5.74, 6) is -0.891. The van der Waals surface area contributed by atoms with Crippen LogP contribution in [-0.4, -0.2) is 46.2 Å². The quantitative estimate of drug-likeness (QED) is 0.327. The number of amides is 1. The van der Waals surface area contributed by atoms with Gasteiger partial charge in [-0.2, -0.15) is 4.99 Å². The number of nitrogens with one attached hydrogen (secondary N) is 1. The topological polar surface area (TPSA) is 125 Å². The number of esters is 1. The molecule has 4 aromatic rings. The van der Waals surface area contributed by atoms with E-state index in [-0.39, 0.29) is 27.5 Å². The third kappa shape index (κ3) is 5.53. The van der Waals surface area contributed by atoms with Crippen LogP contribution in [0.4, 0.5) is 10.1 Å². The van der Waals surface area contributed by atoms with Crippen molar-refractivity contribution < 1.29 is 36.6 Å². The predicted molar refractivity (Wildman–Crippen MR) is 138 cm³/mol. The lowest BCUT2D eigenvalue weighted by molar-refractivity contribution is -0.141. The first kappa shape index (κ1) is 26.8. The molecule has 1 amide bonds. The number of benzene rings is 3. The summed E-state index contributed by atoms with van der Waals surface area (Å²) in [6.07, 6.45) is 0. The van der Waals surface area contributed by atoms with Gasteiger partial charge in [0.1, 0.15) is 34.1 Å². The van der Waals surface area contributed by atoms with Gasteiger partial charge in [0.25, 0.3) is 15.9 Å². The van der Waals surface area contributed by atoms with Gasteiger partial charge in [0.2, 0.25) is 0 Å². The molecule has 0 bridgehead atoms. The average Bonchev–Trinajstić information content (AvgIpc) is 3.25. The Balaban J connectivity index is 1.76. The van der Waals surface area contributed by atoms with Gasteiger partial charge in [0.15, 0.2) is 4.80 Å². The number of nitrogens with zero attached hydrogens (tertiary/aromatic N) is 2. The largest absolute Gasteiger partial charge is 0.495 e. The van der Waals surface area contributed by atoms with Crippen LogP contribution >= 0.6 is 11.3 Å². The molecule has 0 saturated carbocycles. The van der Waals surface area contributed by atoms with Gasteiger partial charge in [-0.1, -0.05) is 17.4 Å². The zero-order chi connectivity index (χ0) is 27.4. The number of sulfonamides is 1. The molecule has 198 valence electrons. The lowest BCUT2D eigenvalue weighted by Gasteiger charge is -2.09. The fourth-order valence-electron chi connectivity index (χ4n) is 3.57. The van der Waals surface area contributed by atoms with Gasteiger partial charge in [-0.25, -0.2) is 12.8 Å². The van der Waals surface area contributed by atoms with Gasteiger partial charge in [-0.3, -0.25) is 14.3 Å². The molecule has 0 radical (unpaired) electrons. The second-order valence-electron chi connectivity index (χ2n) is 7.75. The molecule has 13 heteroatoms. The molecule has 10 nitrogen and oxygen atoms in total. The van der Waals surface area contributed by atoms with Crippen LogP contribution in [0.2, 0.25) is 0 Å². The van der Waals surface area contributed by atoms with Crippen molar-refractivity contribution in [1.29, 1.82) is 0 Å². The predicted octanol–water partition coefficient (Wildman–Crippen LogP) is 3.57. The molecule has 1 heterocycles. The first-order valence-corrected chi connectivity index (χ1v) is 13.3. The molecule has 0 aliphatic heterocycles. The van der Waals surface area contributed by atoms with Gasteiger partial charge in [0.05, 0.1) is 26.2 Å². The van der Waals surface area contributed by atoms with Crippen LogP contribution in [0.5, 0.6) is 11.5 Å². The van der Waals surface area contributed by atoms with E-state index in [0.29, 0.717) is 21.7 Å². The molecule has 4 rings (SSSR count). The lowest BCUT2D eigenvalue weighted by atomic mass is 10.2. The second kappa shape index (κ2) is 11.0. The summed E-state index contributed by atoms with van der Waals surface area (Å²) < 4.78 is 58.7. The van der Waals surface area contributed by atoms with E-state index in [1.165, 1.54) is 50.2 Å². The number of aromatic nitrogens is 1. The Bertz CT molecular complexity index is 1690. The molecule has 0 spiro atoms. The van der Waals surface area contributed by atoms with Crippen LogP contribution in [-0.2, 0) is 26.1 Å². The molecule has 0 fully saturated rings. The standard InChI is InChI=1S/C25H22FN3O7S2/c1-34-19-11-12-20(35-2)23-22(19)29(14-21(30)36-3)25(37-23)27-24(31)15-5-4-6-17(13-15)28-38(32,33)18-9-7-16(26)8-10-18/h4-13,28H,14H2,1-3H3. The maximum atomic E-state index is 13.2. The van der Waals surface area contributed by atoms with Gasteiger partial charge in [0, 0.05) is 11.3 Å². The minimum absolute atomic E-state index is 0.0883. The van der Waals surface area contributed by atoms with Crippen molar-refractivity contribution in [2.24, 2.45) is 4.99 Å². The van der Waals surface area contributed by atoms with Gasteiger partial charge in [-0.05, 0) is 54.6 Å². The number of hydrogen-bond donors (Lipinski definition) is 1. The smallest absolute Gasteiger partial charge is 0.325 e. The van der Waals surface area contributed by atoms with E-state index < -0.39 is 27.7 Å². The summed E-state index contributed by atoms with van der Waals surface area (Å²) in [4.78, 5) is 29.6. The van der Waals surface area contributed by atoms with Crippen molar-refractivity contribution in [2.45, 2.75) is 11.4 Å². The Hall–Kier alpha value is -4.23.